The van der Waals surface area contributed by atoms with Gasteiger partial charge in [-0.1, -0.05) is 54.0 Å². The zero-order valence-electron chi connectivity index (χ0n) is 20.7. The van der Waals surface area contributed by atoms with Gasteiger partial charge < -0.3 is 10.3 Å². The highest BCUT2D eigenvalue weighted by molar-refractivity contribution is 6.30. The number of carbonyl (C=O) groups is 2. The molecule has 0 saturated carbocycles. The molecule has 0 bridgehead atoms. The monoisotopic (exact) mass is 521 g/mol. The summed E-state index contributed by atoms with van der Waals surface area (Å²) in [4.78, 5) is 45.1. The Balaban J connectivity index is 1.80. The zero-order chi connectivity index (χ0) is 26.5. The van der Waals surface area contributed by atoms with Crippen molar-refractivity contribution in [3.8, 4) is 0 Å². The number of fused-ring (bicyclic) bond motifs is 1. The molecule has 0 saturated heterocycles. The molecule has 1 unspecified atom stereocenters. The third-order valence-electron chi connectivity index (χ3n) is 6.26. The van der Waals surface area contributed by atoms with Gasteiger partial charge in [-0.2, -0.15) is 4.98 Å². The summed E-state index contributed by atoms with van der Waals surface area (Å²) in [7, 11) is 0. The number of hydrogen-bond donors (Lipinski definition) is 1. The highest BCUT2D eigenvalue weighted by Gasteiger charge is 2.28. The summed E-state index contributed by atoms with van der Waals surface area (Å²) in [6.07, 6.45) is 0.545. The first-order valence-corrected chi connectivity index (χ1v) is 12.4. The number of hydrogen-bond acceptors (Lipinski definition) is 7. The number of benzene rings is 2. The lowest BCUT2D eigenvalue weighted by Crippen LogP contribution is -2.39. The van der Waals surface area contributed by atoms with E-state index >= 15 is 0 Å². The molecule has 0 spiro atoms. The first-order valence-electron chi connectivity index (χ1n) is 12.0. The van der Waals surface area contributed by atoms with Crippen LogP contribution >= 0.6 is 11.6 Å². The maximum atomic E-state index is 13.7. The van der Waals surface area contributed by atoms with Crippen molar-refractivity contribution in [2.45, 2.75) is 39.3 Å². The number of nitrogens with zero attached hydrogens (tertiary/aromatic N) is 4. The molecule has 2 heterocycles. The van der Waals surface area contributed by atoms with Gasteiger partial charge in [-0.15, -0.1) is 0 Å². The van der Waals surface area contributed by atoms with Crippen LogP contribution in [0.15, 0.2) is 63.9 Å². The van der Waals surface area contributed by atoms with Gasteiger partial charge in [0.25, 0.3) is 11.3 Å². The lowest BCUT2D eigenvalue weighted by molar-refractivity contribution is -0.118. The van der Waals surface area contributed by atoms with Gasteiger partial charge in [-0.05, 0) is 43.2 Å². The van der Waals surface area contributed by atoms with Crippen LogP contribution in [0, 0.1) is 6.92 Å². The van der Waals surface area contributed by atoms with Crippen LogP contribution in [0.3, 0.4) is 0 Å². The van der Waals surface area contributed by atoms with E-state index in [0.29, 0.717) is 33.9 Å². The number of amides is 1. The van der Waals surface area contributed by atoms with E-state index in [2.05, 4.69) is 5.16 Å². The second-order valence-electron chi connectivity index (χ2n) is 8.84. The number of carbonyl (C=O) groups excluding carboxylic acids is 2. The fourth-order valence-electron chi connectivity index (χ4n) is 4.37. The predicted molar refractivity (Wildman–Crippen MR) is 141 cm³/mol. The Bertz CT molecular complexity index is 1460. The van der Waals surface area contributed by atoms with Crippen LogP contribution in [0.2, 0.25) is 5.02 Å². The van der Waals surface area contributed by atoms with Gasteiger partial charge in [-0.25, -0.2) is 0 Å². The molecule has 4 aromatic rings. The highest BCUT2D eigenvalue weighted by Crippen LogP contribution is 2.26. The van der Waals surface area contributed by atoms with Crippen molar-refractivity contribution in [2.75, 3.05) is 13.1 Å². The summed E-state index contributed by atoms with van der Waals surface area (Å²) in [5.74, 6) is -0.226. The van der Waals surface area contributed by atoms with Gasteiger partial charge in [0.15, 0.2) is 5.78 Å². The summed E-state index contributed by atoms with van der Waals surface area (Å²) < 4.78 is 6.96. The second kappa shape index (κ2) is 11.5. The number of nitrogens with two attached hydrogens (primary N) is 1. The lowest BCUT2D eigenvalue weighted by atomic mass is 10.1. The van der Waals surface area contributed by atoms with Crippen LogP contribution in [-0.4, -0.2) is 44.4 Å². The van der Waals surface area contributed by atoms with E-state index in [1.54, 1.807) is 35.8 Å². The van der Waals surface area contributed by atoms with Crippen LogP contribution < -0.4 is 11.3 Å². The van der Waals surface area contributed by atoms with E-state index in [9.17, 15) is 14.4 Å². The Kier molecular flexibility index (Phi) is 8.15. The van der Waals surface area contributed by atoms with Crippen molar-refractivity contribution in [1.82, 2.24) is 19.6 Å². The van der Waals surface area contributed by atoms with E-state index < -0.39 is 11.9 Å². The fraction of sp³-hybridized carbons (Fsp3) is 0.296. The molecule has 10 heteroatoms. The Morgan fingerprint density at radius 3 is 2.49 bits per heavy atom. The predicted octanol–water partition coefficient (Wildman–Crippen LogP) is 3.91. The van der Waals surface area contributed by atoms with Crippen LogP contribution in [0.25, 0.3) is 11.1 Å². The van der Waals surface area contributed by atoms with E-state index in [0.717, 1.165) is 5.56 Å². The molecule has 0 radical (unpaired) electrons. The largest absolute Gasteiger partial charge is 0.370 e. The van der Waals surface area contributed by atoms with E-state index in [1.807, 2.05) is 42.2 Å². The second-order valence-corrected chi connectivity index (χ2v) is 9.27. The third-order valence-corrected chi connectivity index (χ3v) is 6.52. The number of aromatic nitrogens is 3. The average molecular weight is 522 g/mol. The van der Waals surface area contributed by atoms with Crippen molar-refractivity contribution >= 4 is 34.4 Å². The van der Waals surface area contributed by atoms with Crippen molar-refractivity contribution < 1.29 is 14.1 Å². The van der Waals surface area contributed by atoms with E-state index in [4.69, 9.17) is 26.8 Å². The molecule has 0 aliphatic rings. The molecule has 4 rings (SSSR count). The number of aryl methyl sites for hydroxylation is 1. The standard InChI is InChI=1S/C27H28ClN5O4/c1-3-21(32(14-13-23(29)35)16-22(34)19-9-11-20(28)12-10-19)25-30-26-24(17(2)31-37-26)27(36)33(25)15-18-7-5-4-6-8-18/h4-12,21H,3,13-16H2,1-2H3,(H2,29,35). The molecule has 0 fully saturated rings. The SMILES string of the molecule is CCC(c1nc2onc(C)c2c(=O)n1Cc1ccccc1)N(CCC(N)=O)CC(=O)c1ccc(Cl)cc1. The molecule has 9 nitrogen and oxygen atoms in total. The van der Waals surface area contributed by atoms with Crippen LogP contribution in [0.4, 0.5) is 0 Å². The molecule has 1 amide bonds. The quantitative estimate of drug-likeness (QED) is 0.297. The van der Waals surface area contributed by atoms with Crippen LogP contribution in [0.5, 0.6) is 0 Å². The lowest BCUT2D eigenvalue weighted by Gasteiger charge is -2.31. The number of rotatable bonds is 11. The molecule has 2 aromatic heterocycles. The summed E-state index contributed by atoms with van der Waals surface area (Å²) in [6, 6.07) is 15.7. The fourth-order valence-corrected chi connectivity index (χ4v) is 4.50. The minimum Gasteiger partial charge on any atom is -0.370 e. The summed E-state index contributed by atoms with van der Waals surface area (Å²) in [5.41, 5.74) is 7.17. The van der Waals surface area contributed by atoms with Crippen LogP contribution in [0.1, 0.15) is 53.2 Å². The first kappa shape index (κ1) is 26.2. The van der Waals surface area contributed by atoms with Gasteiger partial charge >= 0.3 is 0 Å². The number of ketones is 1. The summed E-state index contributed by atoms with van der Waals surface area (Å²) in [6.45, 7) is 4.10. The molecule has 37 heavy (non-hydrogen) atoms. The topological polar surface area (TPSA) is 124 Å². The normalized spacial score (nSPS) is 12.2. The maximum Gasteiger partial charge on any atom is 0.267 e. The van der Waals surface area contributed by atoms with Gasteiger partial charge in [0.2, 0.25) is 5.91 Å². The molecule has 0 aliphatic heterocycles. The number of Topliss-reactive ketones (excluding diaryl/α,β-unsaturated/α-hetero) is 1. The Morgan fingerprint density at radius 1 is 1.14 bits per heavy atom. The number of primary amides is 1. The van der Waals surface area contributed by atoms with Crippen molar-refractivity contribution in [1.29, 1.82) is 0 Å². The highest BCUT2D eigenvalue weighted by atomic mass is 35.5. The molecule has 2 aromatic carbocycles. The van der Waals surface area contributed by atoms with Gasteiger partial charge in [0, 0.05) is 23.6 Å². The molecular weight excluding hydrogens is 494 g/mol. The average Bonchev–Trinajstić information content (AvgIpc) is 3.26. The Labute approximate surface area is 218 Å². The summed E-state index contributed by atoms with van der Waals surface area (Å²) >= 11 is 5.98. The molecular formula is C27H28ClN5O4. The molecule has 0 aliphatic carbocycles. The van der Waals surface area contributed by atoms with Crippen molar-refractivity contribution in [2.24, 2.45) is 5.73 Å². The molecule has 1 atom stereocenters. The van der Waals surface area contributed by atoms with Gasteiger partial charge in [0.1, 0.15) is 11.2 Å². The van der Waals surface area contributed by atoms with Crippen molar-refractivity contribution in [3.05, 3.63) is 92.6 Å². The Hall–Kier alpha value is -3.82. The maximum absolute atomic E-state index is 13.7. The third kappa shape index (κ3) is 5.95. The summed E-state index contributed by atoms with van der Waals surface area (Å²) in [5, 5.41) is 4.78. The molecule has 192 valence electrons. The van der Waals surface area contributed by atoms with Gasteiger partial charge in [0.05, 0.1) is 24.8 Å². The Morgan fingerprint density at radius 2 is 1.84 bits per heavy atom. The van der Waals surface area contributed by atoms with E-state index in [1.165, 1.54) is 0 Å². The van der Waals surface area contributed by atoms with Crippen LogP contribution in [-0.2, 0) is 11.3 Å². The first-order chi connectivity index (χ1) is 17.8. The smallest absolute Gasteiger partial charge is 0.267 e. The number of halogens is 1. The minimum absolute atomic E-state index is 0.0118. The zero-order valence-corrected chi connectivity index (χ0v) is 21.4. The molecule has 2 N–H and O–H groups in total. The van der Waals surface area contributed by atoms with E-state index in [-0.39, 0.29) is 43.1 Å². The van der Waals surface area contributed by atoms with Crippen molar-refractivity contribution in [3.63, 3.8) is 0 Å². The minimum atomic E-state index is -0.491. The van der Waals surface area contributed by atoms with Gasteiger partial charge in [-0.3, -0.25) is 23.9 Å².